The number of carbonyl (C=O) groups excluding carboxylic acids is 2. The van der Waals surface area contributed by atoms with Crippen LogP contribution in [0.15, 0.2) is 24.3 Å². The zero-order valence-electron chi connectivity index (χ0n) is 13.3. The lowest BCUT2D eigenvalue weighted by atomic mass is 10.1. The minimum atomic E-state index is -0.178. The first kappa shape index (κ1) is 17.8. The van der Waals surface area contributed by atoms with E-state index in [2.05, 4.69) is 10.6 Å². The third-order valence-corrected chi connectivity index (χ3v) is 4.17. The average molecular weight is 339 g/mol. The minimum Gasteiger partial charge on any atom is -0.385 e. The molecule has 1 aliphatic carbocycles. The van der Waals surface area contributed by atoms with E-state index in [4.69, 9.17) is 16.3 Å². The monoisotopic (exact) mass is 338 g/mol. The van der Waals surface area contributed by atoms with Gasteiger partial charge in [0.25, 0.3) is 0 Å². The summed E-state index contributed by atoms with van der Waals surface area (Å²) in [7, 11) is 1.63. The van der Waals surface area contributed by atoms with Crippen molar-refractivity contribution in [1.82, 2.24) is 10.6 Å². The Labute approximate surface area is 141 Å². The minimum absolute atomic E-state index is 0.0287. The maximum Gasteiger partial charge on any atom is 0.223 e. The summed E-state index contributed by atoms with van der Waals surface area (Å²) in [6, 6.07) is 7.57. The third kappa shape index (κ3) is 5.84. The number of hydrogen-bond acceptors (Lipinski definition) is 3. The molecule has 0 bridgehead atoms. The SMILES string of the molecule is COCCCNC(=O)C1CC1C(=O)NCCc1ccc(Cl)cc1. The van der Waals surface area contributed by atoms with Gasteiger partial charge in [0, 0.05) is 31.8 Å². The summed E-state index contributed by atoms with van der Waals surface area (Å²) in [5, 5.41) is 6.44. The van der Waals surface area contributed by atoms with Crippen LogP contribution < -0.4 is 10.6 Å². The van der Waals surface area contributed by atoms with E-state index < -0.39 is 0 Å². The Morgan fingerprint density at radius 3 is 2.35 bits per heavy atom. The van der Waals surface area contributed by atoms with E-state index >= 15 is 0 Å². The molecule has 0 heterocycles. The van der Waals surface area contributed by atoms with Crippen molar-refractivity contribution in [2.24, 2.45) is 11.8 Å². The largest absolute Gasteiger partial charge is 0.385 e. The van der Waals surface area contributed by atoms with E-state index in [1.54, 1.807) is 7.11 Å². The van der Waals surface area contributed by atoms with Gasteiger partial charge in [-0.3, -0.25) is 9.59 Å². The lowest BCUT2D eigenvalue weighted by molar-refractivity contribution is -0.127. The van der Waals surface area contributed by atoms with Crippen molar-refractivity contribution in [2.45, 2.75) is 19.3 Å². The highest BCUT2D eigenvalue weighted by Gasteiger charge is 2.47. The van der Waals surface area contributed by atoms with E-state index in [9.17, 15) is 9.59 Å². The van der Waals surface area contributed by atoms with Crippen LogP contribution in [-0.4, -0.2) is 38.6 Å². The summed E-state index contributed by atoms with van der Waals surface area (Å²) in [5.74, 6) is -0.411. The predicted octanol–water partition coefficient (Wildman–Crippen LogP) is 1.79. The van der Waals surface area contributed by atoms with Crippen LogP contribution in [0.1, 0.15) is 18.4 Å². The molecule has 1 aliphatic rings. The van der Waals surface area contributed by atoms with Gasteiger partial charge < -0.3 is 15.4 Å². The van der Waals surface area contributed by atoms with Crippen LogP contribution in [0.5, 0.6) is 0 Å². The first-order chi connectivity index (χ1) is 11.1. The molecule has 2 unspecified atom stereocenters. The van der Waals surface area contributed by atoms with Gasteiger partial charge in [-0.05, 0) is 37.0 Å². The summed E-state index contributed by atoms with van der Waals surface area (Å²) in [4.78, 5) is 23.9. The maximum atomic E-state index is 12.0. The Morgan fingerprint density at radius 1 is 1.13 bits per heavy atom. The molecule has 2 atom stereocenters. The van der Waals surface area contributed by atoms with Gasteiger partial charge in [0.1, 0.15) is 0 Å². The Balaban J connectivity index is 1.61. The molecule has 1 saturated carbocycles. The molecule has 0 aliphatic heterocycles. The van der Waals surface area contributed by atoms with Crippen LogP contribution in [0, 0.1) is 11.8 Å². The number of nitrogens with one attached hydrogen (secondary N) is 2. The molecule has 6 heteroatoms. The van der Waals surface area contributed by atoms with Crippen LogP contribution in [0.3, 0.4) is 0 Å². The van der Waals surface area contributed by atoms with Gasteiger partial charge >= 0.3 is 0 Å². The Kier molecular flexibility index (Phi) is 6.86. The molecular weight excluding hydrogens is 316 g/mol. The summed E-state index contributed by atoms with van der Waals surface area (Å²) in [5.41, 5.74) is 1.12. The van der Waals surface area contributed by atoms with Gasteiger partial charge in [0.05, 0.1) is 11.8 Å². The lowest BCUT2D eigenvalue weighted by Crippen LogP contribution is -2.31. The fraction of sp³-hybridized carbons (Fsp3) is 0.529. The van der Waals surface area contributed by atoms with Gasteiger partial charge in [-0.25, -0.2) is 0 Å². The molecule has 23 heavy (non-hydrogen) atoms. The van der Waals surface area contributed by atoms with Gasteiger partial charge in [-0.1, -0.05) is 23.7 Å². The molecule has 5 nitrogen and oxygen atoms in total. The van der Waals surface area contributed by atoms with Crippen molar-refractivity contribution in [1.29, 1.82) is 0 Å². The fourth-order valence-electron chi connectivity index (χ4n) is 2.45. The Bertz CT molecular complexity index is 533. The smallest absolute Gasteiger partial charge is 0.223 e. The first-order valence-corrected chi connectivity index (χ1v) is 8.28. The number of rotatable bonds is 9. The molecule has 1 aromatic carbocycles. The summed E-state index contributed by atoms with van der Waals surface area (Å²) >= 11 is 5.83. The Morgan fingerprint density at radius 2 is 1.74 bits per heavy atom. The van der Waals surface area contributed by atoms with Gasteiger partial charge in [0.15, 0.2) is 0 Å². The van der Waals surface area contributed by atoms with E-state index in [-0.39, 0.29) is 23.7 Å². The van der Waals surface area contributed by atoms with Crippen LogP contribution in [0.25, 0.3) is 0 Å². The highest BCUT2D eigenvalue weighted by molar-refractivity contribution is 6.30. The van der Waals surface area contributed by atoms with Crippen molar-refractivity contribution < 1.29 is 14.3 Å². The molecule has 2 rings (SSSR count). The summed E-state index contributed by atoms with van der Waals surface area (Å²) in [6.07, 6.45) is 2.18. The second-order valence-electron chi connectivity index (χ2n) is 5.75. The molecular formula is C17H23ClN2O3. The lowest BCUT2D eigenvalue weighted by Gasteiger charge is -2.06. The number of halogens is 1. The van der Waals surface area contributed by atoms with Crippen LogP contribution in [0.4, 0.5) is 0 Å². The molecule has 0 aromatic heterocycles. The number of ether oxygens (including phenoxy) is 1. The predicted molar refractivity (Wildman–Crippen MR) is 89.3 cm³/mol. The zero-order chi connectivity index (χ0) is 16.7. The maximum absolute atomic E-state index is 12.0. The van der Waals surface area contributed by atoms with E-state index in [0.29, 0.717) is 31.1 Å². The van der Waals surface area contributed by atoms with Gasteiger partial charge in [-0.2, -0.15) is 0 Å². The fourth-order valence-corrected chi connectivity index (χ4v) is 2.57. The molecule has 0 spiro atoms. The van der Waals surface area contributed by atoms with Crippen molar-refractivity contribution in [3.63, 3.8) is 0 Å². The first-order valence-electron chi connectivity index (χ1n) is 7.90. The standard InChI is InChI=1S/C17H23ClN2O3/c1-23-10-2-8-19-16(21)14-11-15(14)17(22)20-9-7-12-3-5-13(18)6-4-12/h3-6,14-15H,2,7-11H2,1H3,(H,19,21)(H,20,22). The molecule has 0 saturated heterocycles. The quantitative estimate of drug-likeness (QED) is 0.674. The molecule has 2 N–H and O–H groups in total. The number of hydrogen-bond donors (Lipinski definition) is 2. The number of amides is 2. The molecule has 1 fully saturated rings. The number of methoxy groups -OCH3 is 1. The Hall–Kier alpha value is -1.59. The number of carbonyl (C=O) groups is 2. The van der Waals surface area contributed by atoms with E-state index in [1.165, 1.54) is 0 Å². The second-order valence-corrected chi connectivity index (χ2v) is 6.19. The van der Waals surface area contributed by atoms with Crippen molar-refractivity contribution in [3.8, 4) is 0 Å². The molecule has 1 aromatic rings. The average Bonchev–Trinajstić information content (AvgIpc) is 3.34. The van der Waals surface area contributed by atoms with E-state index in [0.717, 1.165) is 18.4 Å². The van der Waals surface area contributed by atoms with Crippen molar-refractivity contribution >= 4 is 23.4 Å². The zero-order valence-corrected chi connectivity index (χ0v) is 14.1. The van der Waals surface area contributed by atoms with E-state index in [1.807, 2.05) is 24.3 Å². The summed E-state index contributed by atoms with van der Waals surface area (Å²) in [6.45, 7) is 1.78. The topological polar surface area (TPSA) is 67.4 Å². The molecule has 126 valence electrons. The molecule has 0 radical (unpaired) electrons. The van der Waals surface area contributed by atoms with Crippen LogP contribution in [-0.2, 0) is 20.7 Å². The molecule has 2 amide bonds. The van der Waals surface area contributed by atoms with Crippen LogP contribution in [0.2, 0.25) is 5.02 Å². The normalized spacial score (nSPS) is 19.2. The van der Waals surface area contributed by atoms with Crippen LogP contribution >= 0.6 is 11.6 Å². The van der Waals surface area contributed by atoms with Gasteiger partial charge in [-0.15, -0.1) is 0 Å². The summed E-state index contributed by atoms with van der Waals surface area (Å²) < 4.78 is 4.92. The highest BCUT2D eigenvalue weighted by Crippen LogP contribution is 2.38. The highest BCUT2D eigenvalue weighted by atomic mass is 35.5. The van der Waals surface area contributed by atoms with Crippen molar-refractivity contribution in [3.05, 3.63) is 34.9 Å². The van der Waals surface area contributed by atoms with Crippen molar-refractivity contribution in [2.75, 3.05) is 26.8 Å². The second kappa shape index (κ2) is 8.89. The number of benzene rings is 1. The van der Waals surface area contributed by atoms with Gasteiger partial charge in [0.2, 0.25) is 11.8 Å². The third-order valence-electron chi connectivity index (χ3n) is 3.91.